The molecule has 108 valence electrons. The van der Waals surface area contributed by atoms with E-state index in [0.29, 0.717) is 0 Å². The first-order chi connectivity index (χ1) is 9.63. The van der Waals surface area contributed by atoms with Gasteiger partial charge in [-0.15, -0.1) is 0 Å². The molecular formula is C15H19NO4. The van der Waals surface area contributed by atoms with Crippen LogP contribution in [0.3, 0.4) is 0 Å². The van der Waals surface area contributed by atoms with Gasteiger partial charge < -0.3 is 15.2 Å². The molecule has 0 unspecified atom stereocenters. The van der Waals surface area contributed by atoms with E-state index in [4.69, 9.17) is 15.2 Å². The van der Waals surface area contributed by atoms with Crippen molar-refractivity contribution in [3.63, 3.8) is 0 Å². The fourth-order valence-corrected chi connectivity index (χ4v) is 1.45. The molecule has 0 aliphatic heterocycles. The highest BCUT2D eigenvalue weighted by Gasteiger charge is 2.16. The Hall–Kier alpha value is -2.14. The lowest BCUT2D eigenvalue weighted by Crippen LogP contribution is -2.33. The molecule has 0 radical (unpaired) electrons. The third kappa shape index (κ3) is 6.15. The minimum atomic E-state index is -0.820. The number of nitrogens with two attached hydrogens (primary N) is 1. The summed E-state index contributed by atoms with van der Waals surface area (Å²) in [6.07, 6.45) is 1.74. The van der Waals surface area contributed by atoms with Gasteiger partial charge in [-0.25, -0.2) is 0 Å². The van der Waals surface area contributed by atoms with Crippen molar-refractivity contribution < 1.29 is 19.1 Å². The summed E-state index contributed by atoms with van der Waals surface area (Å²) in [5, 5.41) is 0. The maximum absolute atomic E-state index is 11.5. The molecule has 0 amide bonds. The van der Waals surface area contributed by atoms with Crippen LogP contribution in [0.2, 0.25) is 0 Å². The van der Waals surface area contributed by atoms with Crippen LogP contribution in [0.25, 0.3) is 0 Å². The zero-order valence-electron chi connectivity index (χ0n) is 11.3. The second kappa shape index (κ2) is 8.87. The number of benzene rings is 1. The van der Waals surface area contributed by atoms with Crippen molar-refractivity contribution in [2.75, 3.05) is 6.61 Å². The van der Waals surface area contributed by atoms with Gasteiger partial charge in [-0.3, -0.25) is 9.59 Å². The largest absolute Gasteiger partial charge is 0.461 e. The van der Waals surface area contributed by atoms with Crippen molar-refractivity contribution in [1.29, 1.82) is 0 Å². The third-order valence-electron chi connectivity index (χ3n) is 2.55. The molecule has 0 fully saturated rings. The van der Waals surface area contributed by atoms with E-state index in [1.54, 1.807) is 0 Å². The summed E-state index contributed by atoms with van der Waals surface area (Å²) in [7, 11) is 0. The van der Waals surface area contributed by atoms with Crippen LogP contribution in [0.4, 0.5) is 0 Å². The highest BCUT2D eigenvalue weighted by atomic mass is 16.5. The average molecular weight is 277 g/mol. The van der Waals surface area contributed by atoms with E-state index in [1.165, 1.54) is 6.08 Å². The third-order valence-corrected chi connectivity index (χ3v) is 2.55. The van der Waals surface area contributed by atoms with E-state index in [0.717, 1.165) is 5.56 Å². The standard InChI is InChI=1S/C15H19NO4/c1-2-10-19-15(18)13(16)8-9-14(17)20-11-12-6-4-3-5-7-12/h2-7,13H,1,8-11,16H2/t13-/m0/s1. The number of hydrogen-bond acceptors (Lipinski definition) is 5. The lowest BCUT2D eigenvalue weighted by Gasteiger charge is -2.10. The summed E-state index contributed by atoms with van der Waals surface area (Å²) in [5.74, 6) is -0.929. The predicted molar refractivity (Wildman–Crippen MR) is 74.6 cm³/mol. The van der Waals surface area contributed by atoms with Crippen molar-refractivity contribution in [3.8, 4) is 0 Å². The Morgan fingerprint density at radius 3 is 2.60 bits per heavy atom. The molecule has 1 rings (SSSR count). The van der Waals surface area contributed by atoms with Crippen molar-refractivity contribution in [3.05, 3.63) is 48.6 Å². The van der Waals surface area contributed by atoms with Gasteiger partial charge >= 0.3 is 11.9 Å². The first-order valence-electron chi connectivity index (χ1n) is 6.36. The molecule has 0 saturated heterocycles. The van der Waals surface area contributed by atoms with Crippen molar-refractivity contribution in [2.24, 2.45) is 5.73 Å². The first-order valence-corrected chi connectivity index (χ1v) is 6.36. The topological polar surface area (TPSA) is 78.6 Å². The number of hydrogen-bond donors (Lipinski definition) is 1. The normalized spacial score (nSPS) is 11.4. The molecule has 20 heavy (non-hydrogen) atoms. The summed E-state index contributed by atoms with van der Waals surface area (Å²) in [5.41, 5.74) is 6.51. The predicted octanol–water partition coefficient (Wildman–Crippen LogP) is 1.57. The lowest BCUT2D eigenvalue weighted by atomic mass is 10.2. The molecule has 1 aromatic rings. The Labute approximate surface area is 118 Å². The second-order valence-corrected chi connectivity index (χ2v) is 4.21. The fraction of sp³-hybridized carbons (Fsp3) is 0.333. The number of ether oxygens (including phenoxy) is 2. The number of rotatable bonds is 8. The quantitative estimate of drug-likeness (QED) is 0.576. The molecule has 1 aromatic carbocycles. The van der Waals surface area contributed by atoms with E-state index in [9.17, 15) is 9.59 Å². The monoisotopic (exact) mass is 277 g/mol. The molecule has 0 heterocycles. The van der Waals surface area contributed by atoms with E-state index in [2.05, 4.69) is 6.58 Å². The molecule has 0 saturated carbocycles. The van der Waals surface area contributed by atoms with Gasteiger partial charge in [0.05, 0.1) is 0 Å². The van der Waals surface area contributed by atoms with Crippen LogP contribution in [-0.2, 0) is 25.7 Å². The first kappa shape index (κ1) is 15.9. The highest BCUT2D eigenvalue weighted by Crippen LogP contribution is 2.04. The van der Waals surface area contributed by atoms with Gasteiger partial charge in [0, 0.05) is 6.42 Å². The number of carbonyl (C=O) groups is 2. The van der Waals surface area contributed by atoms with E-state index in [-0.39, 0.29) is 32.0 Å². The maximum Gasteiger partial charge on any atom is 0.323 e. The minimum Gasteiger partial charge on any atom is -0.461 e. The lowest BCUT2D eigenvalue weighted by molar-refractivity contribution is -0.146. The summed E-state index contributed by atoms with van der Waals surface area (Å²) >= 11 is 0. The van der Waals surface area contributed by atoms with Crippen molar-refractivity contribution in [1.82, 2.24) is 0 Å². The number of esters is 2. The van der Waals surface area contributed by atoms with Crippen LogP contribution in [0.5, 0.6) is 0 Å². The van der Waals surface area contributed by atoms with Gasteiger partial charge in [0.25, 0.3) is 0 Å². The molecule has 2 N–H and O–H groups in total. The fourth-order valence-electron chi connectivity index (χ4n) is 1.45. The summed E-state index contributed by atoms with van der Waals surface area (Å²) in [6.45, 7) is 3.76. The molecule has 0 bridgehead atoms. The van der Waals surface area contributed by atoms with Gasteiger partial charge in [0.1, 0.15) is 19.3 Å². The smallest absolute Gasteiger partial charge is 0.323 e. The zero-order valence-corrected chi connectivity index (χ0v) is 11.3. The van der Waals surface area contributed by atoms with Crippen molar-refractivity contribution >= 4 is 11.9 Å². The molecule has 5 heteroatoms. The second-order valence-electron chi connectivity index (χ2n) is 4.21. The molecule has 1 atom stereocenters. The van der Waals surface area contributed by atoms with Gasteiger partial charge in [-0.1, -0.05) is 43.0 Å². The van der Waals surface area contributed by atoms with Crippen LogP contribution in [0.15, 0.2) is 43.0 Å². The van der Waals surface area contributed by atoms with Gasteiger partial charge in [-0.05, 0) is 12.0 Å². The van der Waals surface area contributed by atoms with Crippen LogP contribution in [0, 0.1) is 0 Å². The highest BCUT2D eigenvalue weighted by molar-refractivity contribution is 5.77. The van der Waals surface area contributed by atoms with Gasteiger partial charge in [-0.2, -0.15) is 0 Å². The maximum atomic E-state index is 11.5. The summed E-state index contributed by atoms with van der Waals surface area (Å²) in [4.78, 5) is 22.9. The van der Waals surface area contributed by atoms with E-state index in [1.807, 2.05) is 30.3 Å². The van der Waals surface area contributed by atoms with E-state index >= 15 is 0 Å². The molecule has 0 aliphatic rings. The average Bonchev–Trinajstić information content (AvgIpc) is 2.49. The van der Waals surface area contributed by atoms with Gasteiger partial charge in [0.2, 0.25) is 0 Å². The Balaban J connectivity index is 2.22. The Kier molecular flexibility index (Phi) is 7.06. The molecular weight excluding hydrogens is 258 g/mol. The zero-order chi connectivity index (χ0) is 14.8. The summed E-state index contributed by atoms with van der Waals surface area (Å²) < 4.78 is 9.86. The van der Waals surface area contributed by atoms with Crippen LogP contribution >= 0.6 is 0 Å². The molecule has 0 aliphatic carbocycles. The van der Waals surface area contributed by atoms with E-state index < -0.39 is 12.0 Å². The molecule has 0 spiro atoms. The SMILES string of the molecule is C=CCOC(=O)[C@@H](N)CCC(=O)OCc1ccccc1. The summed E-state index contributed by atoms with van der Waals surface area (Å²) in [6, 6.07) is 8.54. The van der Waals surface area contributed by atoms with Crippen LogP contribution < -0.4 is 5.73 Å². The van der Waals surface area contributed by atoms with Crippen molar-refractivity contribution in [2.45, 2.75) is 25.5 Å². The van der Waals surface area contributed by atoms with Crippen LogP contribution in [0.1, 0.15) is 18.4 Å². The van der Waals surface area contributed by atoms with Gasteiger partial charge in [0.15, 0.2) is 0 Å². The minimum absolute atomic E-state index is 0.0805. The Morgan fingerprint density at radius 2 is 1.95 bits per heavy atom. The molecule has 5 nitrogen and oxygen atoms in total. The Bertz CT molecular complexity index is 444. The van der Waals surface area contributed by atoms with Crippen LogP contribution in [-0.4, -0.2) is 24.6 Å². The number of carbonyl (C=O) groups excluding carboxylic acids is 2. The molecule has 0 aromatic heterocycles. The Morgan fingerprint density at radius 1 is 1.25 bits per heavy atom.